The van der Waals surface area contributed by atoms with Gasteiger partial charge in [0.2, 0.25) is 0 Å². The number of ether oxygens (including phenoxy) is 1. The lowest BCUT2D eigenvalue weighted by atomic mass is 9.95. The zero-order valence-corrected chi connectivity index (χ0v) is 11.0. The fourth-order valence-electron chi connectivity index (χ4n) is 2.81. The topological polar surface area (TPSA) is 34.4 Å². The van der Waals surface area contributed by atoms with Gasteiger partial charge in [-0.1, -0.05) is 0 Å². The lowest BCUT2D eigenvalue weighted by Gasteiger charge is -2.20. The summed E-state index contributed by atoms with van der Waals surface area (Å²) < 4.78 is 7.96. The van der Waals surface area contributed by atoms with Crippen LogP contribution in [0.25, 0.3) is 0 Å². The zero-order valence-electron chi connectivity index (χ0n) is 11.0. The Labute approximate surface area is 109 Å². The molecule has 1 saturated carbocycles. The van der Waals surface area contributed by atoms with Gasteiger partial charge in [-0.05, 0) is 50.5 Å². The lowest BCUT2D eigenvalue weighted by molar-refractivity contribution is 0.119. The molecule has 0 saturated heterocycles. The van der Waals surface area contributed by atoms with Crippen LogP contribution in [0.2, 0.25) is 0 Å². The van der Waals surface area contributed by atoms with Crippen LogP contribution in [0.3, 0.4) is 0 Å². The smallest absolute Gasteiger partial charge is 0.0807 e. The second kappa shape index (κ2) is 5.45. The van der Waals surface area contributed by atoms with Gasteiger partial charge in [0.15, 0.2) is 0 Å². The zero-order chi connectivity index (χ0) is 12.4. The Kier molecular flexibility index (Phi) is 3.71. The average molecular weight is 249 g/mol. The fraction of sp³-hybridized carbons (Fsp3) is 0.733. The van der Waals surface area contributed by atoms with Crippen molar-refractivity contribution in [1.82, 2.24) is 4.57 Å². The van der Waals surface area contributed by atoms with Gasteiger partial charge in [0.25, 0.3) is 0 Å². The second-order valence-electron chi connectivity index (χ2n) is 5.69. The van der Waals surface area contributed by atoms with Crippen molar-refractivity contribution in [3.63, 3.8) is 0 Å². The molecular formula is C15H23NO2. The van der Waals surface area contributed by atoms with E-state index in [1.54, 1.807) is 0 Å². The van der Waals surface area contributed by atoms with Crippen LogP contribution in [0.4, 0.5) is 0 Å². The van der Waals surface area contributed by atoms with Crippen molar-refractivity contribution in [3.05, 3.63) is 23.5 Å². The molecule has 3 nitrogen and oxygen atoms in total. The first-order chi connectivity index (χ1) is 8.84. The molecule has 0 amide bonds. The van der Waals surface area contributed by atoms with E-state index in [1.807, 2.05) is 0 Å². The molecule has 1 fully saturated rings. The number of aliphatic hydroxyl groups excluding tert-OH is 1. The number of fused-ring (bicyclic) bond motifs is 1. The van der Waals surface area contributed by atoms with E-state index in [4.69, 9.17) is 4.74 Å². The SMILES string of the molecule is OC1CCCc2c1ccn2CCCOCC1CC1. The van der Waals surface area contributed by atoms with E-state index < -0.39 is 0 Å². The maximum absolute atomic E-state index is 9.91. The van der Waals surface area contributed by atoms with Crippen molar-refractivity contribution >= 4 is 0 Å². The molecule has 1 aromatic heterocycles. The van der Waals surface area contributed by atoms with Gasteiger partial charge in [0, 0.05) is 37.2 Å². The largest absolute Gasteiger partial charge is 0.388 e. The number of nitrogens with zero attached hydrogens (tertiary/aromatic N) is 1. The highest BCUT2D eigenvalue weighted by atomic mass is 16.5. The summed E-state index contributed by atoms with van der Waals surface area (Å²) in [6.45, 7) is 2.85. The fourth-order valence-corrected chi connectivity index (χ4v) is 2.81. The Morgan fingerprint density at radius 3 is 3.06 bits per heavy atom. The van der Waals surface area contributed by atoms with Gasteiger partial charge in [-0.2, -0.15) is 0 Å². The van der Waals surface area contributed by atoms with E-state index in [9.17, 15) is 5.11 Å². The highest BCUT2D eigenvalue weighted by molar-refractivity contribution is 5.27. The van der Waals surface area contributed by atoms with Gasteiger partial charge in [0.1, 0.15) is 0 Å². The average Bonchev–Trinajstić information content (AvgIpc) is 3.10. The summed E-state index contributed by atoms with van der Waals surface area (Å²) in [4.78, 5) is 0. The predicted octanol–water partition coefficient (Wildman–Crippen LogP) is 2.67. The summed E-state index contributed by atoms with van der Waals surface area (Å²) in [5, 5.41) is 9.91. The van der Waals surface area contributed by atoms with Crippen LogP contribution >= 0.6 is 0 Å². The summed E-state index contributed by atoms with van der Waals surface area (Å²) in [7, 11) is 0. The van der Waals surface area contributed by atoms with Crippen molar-refractivity contribution in [2.75, 3.05) is 13.2 Å². The first-order valence-electron chi connectivity index (χ1n) is 7.28. The molecule has 1 unspecified atom stereocenters. The number of aromatic nitrogens is 1. The van der Waals surface area contributed by atoms with Gasteiger partial charge in [-0.25, -0.2) is 0 Å². The summed E-state index contributed by atoms with van der Waals surface area (Å²) >= 11 is 0. The highest BCUT2D eigenvalue weighted by Gasteiger charge is 2.22. The number of hydrogen-bond donors (Lipinski definition) is 1. The van der Waals surface area contributed by atoms with E-state index in [-0.39, 0.29) is 6.10 Å². The van der Waals surface area contributed by atoms with Crippen molar-refractivity contribution in [1.29, 1.82) is 0 Å². The monoisotopic (exact) mass is 249 g/mol. The maximum atomic E-state index is 9.91. The Balaban J connectivity index is 1.47. The first-order valence-corrected chi connectivity index (χ1v) is 7.28. The van der Waals surface area contributed by atoms with Crippen LogP contribution in [-0.2, 0) is 17.7 Å². The van der Waals surface area contributed by atoms with E-state index in [2.05, 4.69) is 16.8 Å². The van der Waals surface area contributed by atoms with E-state index >= 15 is 0 Å². The van der Waals surface area contributed by atoms with Crippen LogP contribution in [0, 0.1) is 5.92 Å². The van der Waals surface area contributed by atoms with Crippen LogP contribution in [0.1, 0.15) is 49.5 Å². The maximum Gasteiger partial charge on any atom is 0.0807 e. The molecule has 0 spiro atoms. The van der Waals surface area contributed by atoms with Crippen molar-refractivity contribution in [3.8, 4) is 0 Å². The standard InChI is InChI=1S/C15H23NO2/c17-15-4-1-3-14-13(15)7-9-16(14)8-2-10-18-11-12-5-6-12/h7,9,12,15,17H,1-6,8,10-11H2. The predicted molar refractivity (Wildman–Crippen MR) is 70.5 cm³/mol. The first kappa shape index (κ1) is 12.2. The molecule has 2 aliphatic carbocycles. The molecule has 3 heteroatoms. The van der Waals surface area contributed by atoms with Crippen molar-refractivity contribution < 1.29 is 9.84 Å². The van der Waals surface area contributed by atoms with Gasteiger partial charge < -0.3 is 14.4 Å². The van der Waals surface area contributed by atoms with E-state index in [1.165, 1.54) is 18.5 Å². The molecule has 3 rings (SSSR count). The molecule has 0 bridgehead atoms. The Morgan fingerprint density at radius 1 is 1.33 bits per heavy atom. The van der Waals surface area contributed by atoms with Crippen molar-refractivity contribution in [2.45, 2.75) is 51.2 Å². The molecule has 0 radical (unpaired) electrons. The molecule has 2 aliphatic rings. The van der Waals surface area contributed by atoms with Gasteiger partial charge in [-0.15, -0.1) is 0 Å². The minimum atomic E-state index is -0.235. The quantitative estimate of drug-likeness (QED) is 0.787. The van der Waals surface area contributed by atoms with Gasteiger partial charge >= 0.3 is 0 Å². The normalized spacial score (nSPS) is 23.1. The third kappa shape index (κ3) is 2.78. The summed E-state index contributed by atoms with van der Waals surface area (Å²) in [5.74, 6) is 0.861. The minimum Gasteiger partial charge on any atom is -0.388 e. The van der Waals surface area contributed by atoms with Crippen LogP contribution < -0.4 is 0 Å². The summed E-state index contributed by atoms with van der Waals surface area (Å²) in [6.07, 6.45) is 8.83. The molecular weight excluding hydrogens is 226 g/mol. The number of rotatable bonds is 6. The number of aryl methyl sites for hydroxylation is 1. The Bertz CT molecular complexity index is 395. The molecule has 0 aliphatic heterocycles. The molecule has 1 heterocycles. The molecule has 0 aromatic carbocycles. The van der Waals surface area contributed by atoms with Crippen molar-refractivity contribution in [2.24, 2.45) is 5.92 Å². The molecule has 100 valence electrons. The summed E-state index contributed by atoms with van der Waals surface area (Å²) in [5.41, 5.74) is 2.50. The Morgan fingerprint density at radius 2 is 2.22 bits per heavy atom. The van der Waals surface area contributed by atoms with Gasteiger partial charge in [-0.3, -0.25) is 0 Å². The molecule has 1 atom stereocenters. The number of hydrogen-bond acceptors (Lipinski definition) is 2. The molecule has 1 N–H and O–H groups in total. The van der Waals surface area contributed by atoms with Crippen LogP contribution in [0.5, 0.6) is 0 Å². The molecule has 1 aromatic rings. The van der Waals surface area contributed by atoms with Crippen LogP contribution in [-0.4, -0.2) is 22.9 Å². The van der Waals surface area contributed by atoms with E-state index in [0.29, 0.717) is 0 Å². The second-order valence-corrected chi connectivity index (χ2v) is 5.69. The third-order valence-electron chi connectivity index (χ3n) is 4.10. The van der Waals surface area contributed by atoms with Crippen LogP contribution in [0.15, 0.2) is 12.3 Å². The third-order valence-corrected chi connectivity index (χ3v) is 4.10. The number of aliphatic hydroxyl groups is 1. The minimum absolute atomic E-state index is 0.235. The Hall–Kier alpha value is -0.800. The summed E-state index contributed by atoms with van der Waals surface area (Å²) in [6, 6.07) is 2.09. The van der Waals surface area contributed by atoms with Gasteiger partial charge in [0.05, 0.1) is 6.10 Å². The lowest BCUT2D eigenvalue weighted by Crippen LogP contribution is -2.12. The van der Waals surface area contributed by atoms with E-state index in [0.717, 1.165) is 56.9 Å². The molecule has 18 heavy (non-hydrogen) atoms. The highest BCUT2D eigenvalue weighted by Crippen LogP contribution is 2.30.